The predicted octanol–water partition coefficient (Wildman–Crippen LogP) is 1.49. The van der Waals surface area contributed by atoms with Crippen LogP contribution in [-0.2, 0) is 23.1 Å². The minimum absolute atomic E-state index is 0.128. The topological polar surface area (TPSA) is 70.6 Å². The lowest BCUT2D eigenvalue weighted by atomic mass is 10.2. The molecule has 0 saturated carbocycles. The summed E-state index contributed by atoms with van der Waals surface area (Å²) in [6.07, 6.45) is 1.72. The van der Waals surface area contributed by atoms with Gasteiger partial charge in [-0.05, 0) is 35.9 Å². The van der Waals surface area contributed by atoms with Gasteiger partial charge in [-0.3, -0.25) is 9.78 Å². The number of carbonyl (C=O) groups is 1. The van der Waals surface area contributed by atoms with Gasteiger partial charge in [0.25, 0.3) is 5.91 Å². The molecular formula is C16H17N3O3S. The molecule has 2 heterocycles. The summed E-state index contributed by atoms with van der Waals surface area (Å²) in [6.45, 7) is 1.01. The monoisotopic (exact) mass is 331 g/mol. The first-order chi connectivity index (χ1) is 10.9. The molecule has 1 aromatic carbocycles. The van der Waals surface area contributed by atoms with Gasteiger partial charge in [0.15, 0.2) is 0 Å². The molecule has 3 rings (SSSR count). The summed E-state index contributed by atoms with van der Waals surface area (Å²) in [6, 6.07) is 9.84. The molecule has 6 nitrogen and oxygen atoms in total. The van der Waals surface area contributed by atoms with Crippen LogP contribution in [0.25, 0.3) is 0 Å². The molecule has 1 aliphatic heterocycles. The second-order valence-corrected chi connectivity index (χ2v) is 7.73. The second kappa shape index (κ2) is 5.75. The highest BCUT2D eigenvalue weighted by Gasteiger charge is 2.25. The summed E-state index contributed by atoms with van der Waals surface area (Å²) < 4.78 is 25.2. The molecule has 0 fully saturated rings. The van der Waals surface area contributed by atoms with E-state index in [0.717, 1.165) is 15.6 Å². The Hall–Kier alpha value is -2.25. The number of amides is 1. The van der Waals surface area contributed by atoms with Crippen molar-refractivity contribution in [3.05, 3.63) is 59.4 Å². The number of sulfonamides is 1. The number of hydrogen-bond acceptors (Lipinski definition) is 4. The summed E-state index contributed by atoms with van der Waals surface area (Å²) >= 11 is 0. The van der Waals surface area contributed by atoms with Gasteiger partial charge in [-0.15, -0.1) is 0 Å². The average Bonchev–Trinajstić information content (AvgIpc) is 2.98. The van der Waals surface area contributed by atoms with Crippen molar-refractivity contribution in [2.24, 2.45) is 0 Å². The molecule has 0 bridgehead atoms. The lowest BCUT2D eigenvalue weighted by Crippen LogP contribution is -2.26. The zero-order chi connectivity index (χ0) is 16.6. The highest BCUT2D eigenvalue weighted by Crippen LogP contribution is 2.23. The molecule has 1 aliphatic rings. The summed E-state index contributed by atoms with van der Waals surface area (Å²) in [5.74, 6) is -0.128. The van der Waals surface area contributed by atoms with Crippen molar-refractivity contribution in [1.82, 2.24) is 14.2 Å². The van der Waals surface area contributed by atoms with Gasteiger partial charge < -0.3 is 4.90 Å². The molecule has 2 aromatic rings. The molecule has 0 spiro atoms. The van der Waals surface area contributed by atoms with Crippen LogP contribution in [-0.4, -0.2) is 42.6 Å². The Balaban J connectivity index is 1.80. The van der Waals surface area contributed by atoms with E-state index in [1.54, 1.807) is 23.2 Å². The van der Waals surface area contributed by atoms with Crippen molar-refractivity contribution in [1.29, 1.82) is 0 Å². The normalized spacial score (nSPS) is 14.1. The van der Waals surface area contributed by atoms with Crippen LogP contribution in [0.15, 0.2) is 47.5 Å². The molecule has 23 heavy (non-hydrogen) atoms. The van der Waals surface area contributed by atoms with E-state index in [2.05, 4.69) is 4.98 Å². The van der Waals surface area contributed by atoms with Crippen LogP contribution in [0.2, 0.25) is 0 Å². The minimum Gasteiger partial charge on any atom is -0.328 e. The van der Waals surface area contributed by atoms with E-state index in [0.29, 0.717) is 18.7 Å². The molecule has 0 atom stereocenters. The Morgan fingerprint density at radius 3 is 2.43 bits per heavy atom. The minimum atomic E-state index is -3.48. The molecule has 0 aliphatic carbocycles. The van der Waals surface area contributed by atoms with Crippen LogP contribution < -0.4 is 0 Å². The first kappa shape index (κ1) is 15.6. The number of aromatic nitrogens is 1. The fourth-order valence-electron chi connectivity index (χ4n) is 2.51. The third-order valence-electron chi connectivity index (χ3n) is 3.85. The maximum absolute atomic E-state index is 12.5. The van der Waals surface area contributed by atoms with E-state index in [1.807, 2.05) is 12.1 Å². The first-order valence-electron chi connectivity index (χ1n) is 7.14. The molecule has 0 radical (unpaired) electrons. The molecule has 0 N–H and O–H groups in total. The Morgan fingerprint density at radius 2 is 1.83 bits per heavy atom. The lowest BCUT2D eigenvalue weighted by Gasteiger charge is -2.16. The highest BCUT2D eigenvalue weighted by molar-refractivity contribution is 7.89. The van der Waals surface area contributed by atoms with Gasteiger partial charge in [-0.25, -0.2) is 12.7 Å². The Labute approximate surface area is 135 Å². The van der Waals surface area contributed by atoms with E-state index in [4.69, 9.17) is 0 Å². The predicted molar refractivity (Wildman–Crippen MR) is 85.1 cm³/mol. The van der Waals surface area contributed by atoms with Crippen LogP contribution >= 0.6 is 0 Å². The van der Waals surface area contributed by atoms with E-state index in [9.17, 15) is 13.2 Å². The average molecular weight is 331 g/mol. The van der Waals surface area contributed by atoms with Crippen LogP contribution in [0.5, 0.6) is 0 Å². The zero-order valence-corrected chi connectivity index (χ0v) is 13.7. The molecule has 0 saturated heterocycles. The quantitative estimate of drug-likeness (QED) is 0.854. The maximum Gasteiger partial charge on any atom is 0.254 e. The van der Waals surface area contributed by atoms with Gasteiger partial charge in [0.2, 0.25) is 10.0 Å². The maximum atomic E-state index is 12.5. The summed E-state index contributed by atoms with van der Waals surface area (Å²) in [7, 11) is -0.534. The molecule has 0 unspecified atom stereocenters. The number of nitrogens with zero attached hydrogens (tertiary/aromatic N) is 3. The van der Waals surface area contributed by atoms with Gasteiger partial charge in [0.1, 0.15) is 0 Å². The zero-order valence-electron chi connectivity index (χ0n) is 12.9. The number of benzene rings is 1. The van der Waals surface area contributed by atoms with E-state index < -0.39 is 10.0 Å². The van der Waals surface area contributed by atoms with Crippen molar-refractivity contribution in [3.63, 3.8) is 0 Å². The largest absolute Gasteiger partial charge is 0.328 e. The van der Waals surface area contributed by atoms with Crippen molar-refractivity contribution >= 4 is 15.9 Å². The standard InChI is InChI=1S/C16H17N3O3S/c1-18(2)23(21,22)14-7-5-12(6-8-14)16(20)19-10-13-4-3-9-17-15(13)11-19/h3-9H,10-11H2,1-2H3. The van der Waals surface area contributed by atoms with Crippen molar-refractivity contribution in [2.45, 2.75) is 18.0 Å². The molecule has 7 heteroatoms. The van der Waals surface area contributed by atoms with Gasteiger partial charge in [0, 0.05) is 32.4 Å². The van der Waals surface area contributed by atoms with Crippen molar-refractivity contribution in [2.75, 3.05) is 14.1 Å². The number of fused-ring (bicyclic) bond motifs is 1. The van der Waals surface area contributed by atoms with Crippen LogP contribution in [0.4, 0.5) is 0 Å². The third-order valence-corrected chi connectivity index (χ3v) is 5.68. The Morgan fingerprint density at radius 1 is 1.13 bits per heavy atom. The van der Waals surface area contributed by atoms with E-state index >= 15 is 0 Å². The molecule has 1 aromatic heterocycles. The van der Waals surface area contributed by atoms with Crippen LogP contribution in [0.1, 0.15) is 21.6 Å². The van der Waals surface area contributed by atoms with E-state index in [-0.39, 0.29) is 10.8 Å². The summed E-state index contributed by atoms with van der Waals surface area (Å²) in [4.78, 5) is 18.7. The van der Waals surface area contributed by atoms with Crippen LogP contribution in [0.3, 0.4) is 0 Å². The summed E-state index contributed by atoms with van der Waals surface area (Å²) in [5, 5.41) is 0. The molecular weight excluding hydrogens is 314 g/mol. The smallest absolute Gasteiger partial charge is 0.254 e. The van der Waals surface area contributed by atoms with Gasteiger partial charge in [0.05, 0.1) is 17.1 Å². The fraction of sp³-hybridized carbons (Fsp3) is 0.250. The number of pyridine rings is 1. The third kappa shape index (κ3) is 2.85. The van der Waals surface area contributed by atoms with E-state index in [1.165, 1.54) is 26.2 Å². The fourth-order valence-corrected chi connectivity index (χ4v) is 3.41. The number of hydrogen-bond donors (Lipinski definition) is 0. The Kier molecular flexibility index (Phi) is 3.91. The summed E-state index contributed by atoms with van der Waals surface area (Å²) in [5.41, 5.74) is 2.43. The highest BCUT2D eigenvalue weighted by atomic mass is 32.2. The molecule has 1 amide bonds. The Bertz CT molecular complexity index is 820. The van der Waals surface area contributed by atoms with Gasteiger partial charge in [-0.1, -0.05) is 6.07 Å². The number of carbonyl (C=O) groups excluding carboxylic acids is 1. The van der Waals surface area contributed by atoms with Crippen LogP contribution in [0, 0.1) is 0 Å². The van der Waals surface area contributed by atoms with Crippen molar-refractivity contribution in [3.8, 4) is 0 Å². The SMILES string of the molecule is CN(C)S(=O)(=O)c1ccc(C(=O)N2Cc3cccnc3C2)cc1. The lowest BCUT2D eigenvalue weighted by molar-refractivity contribution is 0.0750. The first-order valence-corrected chi connectivity index (χ1v) is 8.58. The van der Waals surface area contributed by atoms with Gasteiger partial charge >= 0.3 is 0 Å². The second-order valence-electron chi connectivity index (χ2n) is 5.58. The number of rotatable bonds is 3. The van der Waals surface area contributed by atoms with Crippen molar-refractivity contribution < 1.29 is 13.2 Å². The molecule has 120 valence electrons. The van der Waals surface area contributed by atoms with Gasteiger partial charge in [-0.2, -0.15) is 0 Å².